The van der Waals surface area contributed by atoms with Crippen LogP contribution in [-0.4, -0.2) is 16.7 Å². The van der Waals surface area contributed by atoms with Crippen LogP contribution in [0.5, 0.6) is 10.9 Å². The van der Waals surface area contributed by atoms with Crippen molar-refractivity contribution in [1.82, 2.24) is 4.98 Å². The molecule has 106 valence electrons. The third kappa shape index (κ3) is 4.55. The van der Waals surface area contributed by atoms with Gasteiger partial charge in [-0.1, -0.05) is 11.3 Å². The molecule has 1 heterocycles. The Labute approximate surface area is 121 Å². The summed E-state index contributed by atoms with van der Waals surface area (Å²) in [7, 11) is 0. The van der Waals surface area contributed by atoms with Crippen molar-refractivity contribution in [2.75, 3.05) is 5.32 Å². The van der Waals surface area contributed by atoms with E-state index < -0.39 is 11.7 Å². The number of aromatic nitrogens is 1. The molecule has 0 unspecified atom stereocenters. The third-order valence-corrected chi connectivity index (χ3v) is 2.76. The molecule has 0 saturated heterocycles. The van der Waals surface area contributed by atoms with E-state index >= 15 is 0 Å². The van der Waals surface area contributed by atoms with E-state index in [0.29, 0.717) is 16.6 Å². The molecule has 6 heteroatoms. The van der Waals surface area contributed by atoms with Gasteiger partial charge in [0.2, 0.25) is 0 Å². The molecule has 20 heavy (non-hydrogen) atoms. The number of ether oxygens (including phenoxy) is 2. The van der Waals surface area contributed by atoms with E-state index in [1.807, 2.05) is 26.2 Å². The summed E-state index contributed by atoms with van der Waals surface area (Å²) >= 11 is 1.42. The van der Waals surface area contributed by atoms with Crippen molar-refractivity contribution in [2.24, 2.45) is 0 Å². The molecule has 0 saturated carbocycles. The Morgan fingerprint density at radius 2 is 1.95 bits per heavy atom. The highest BCUT2D eigenvalue weighted by Gasteiger charge is 2.16. The minimum absolute atomic E-state index is 0.480. The topological polar surface area (TPSA) is 60.5 Å². The molecule has 0 radical (unpaired) electrons. The largest absolute Gasteiger partial charge is 0.444 e. The summed E-state index contributed by atoms with van der Waals surface area (Å²) in [4.78, 5) is 15.6. The van der Waals surface area contributed by atoms with E-state index in [1.165, 1.54) is 11.3 Å². The lowest BCUT2D eigenvalue weighted by atomic mass is 10.2. The molecule has 0 atom stereocenters. The van der Waals surface area contributed by atoms with Crippen LogP contribution in [0.2, 0.25) is 0 Å². The van der Waals surface area contributed by atoms with Gasteiger partial charge < -0.3 is 9.47 Å². The monoisotopic (exact) mass is 292 g/mol. The van der Waals surface area contributed by atoms with Gasteiger partial charge in [0.1, 0.15) is 11.4 Å². The Balaban J connectivity index is 1.93. The number of thiazole rings is 1. The number of nitrogens with one attached hydrogen (secondary N) is 1. The first-order chi connectivity index (χ1) is 9.42. The summed E-state index contributed by atoms with van der Waals surface area (Å²) in [6.45, 7) is 5.45. The molecule has 5 nitrogen and oxygen atoms in total. The molecular formula is C14H16N2O3S. The van der Waals surface area contributed by atoms with Gasteiger partial charge in [-0.3, -0.25) is 5.32 Å². The van der Waals surface area contributed by atoms with E-state index in [4.69, 9.17) is 9.47 Å². The van der Waals surface area contributed by atoms with Crippen molar-refractivity contribution in [3.63, 3.8) is 0 Å². The summed E-state index contributed by atoms with van der Waals surface area (Å²) in [5.74, 6) is 0.662. The zero-order valence-corrected chi connectivity index (χ0v) is 12.4. The highest BCUT2D eigenvalue weighted by atomic mass is 32.1. The first-order valence-electron chi connectivity index (χ1n) is 6.10. The Morgan fingerprint density at radius 1 is 1.25 bits per heavy atom. The molecular weight excluding hydrogens is 276 g/mol. The zero-order valence-electron chi connectivity index (χ0n) is 11.5. The van der Waals surface area contributed by atoms with Crippen molar-refractivity contribution in [3.05, 3.63) is 35.8 Å². The second kappa shape index (κ2) is 5.92. The zero-order chi connectivity index (χ0) is 14.6. The summed E-state index contributed by atoms with van der Waals surface area (Å²) in [6, 6.07) is 7.00. The van der Waals surface area contributed by atoms with Crippen LogP contribution < -0.4 is 10.1 Å². The van der Waals surface area contributed by atoms with E-state index in [-0.39, 0.29) is 0 Å². The normalized spacial score (nSPS) is 10.9. The van der Waals surface area contributed by atoms with Crippen LogP contribution in [0.1, 0.15) is 20.8 Å². The Bertz CT molecular complexity index is 559. The van der Waals surface area contributed by atoms with Crippen molar-refractivity contribution in [1.29, 1.82) is 0 Å². The van der Waals surface area contributed by atoms with Crippen LogP contribution in [0.3, 0.4) is 0 Å². The predicted octanol–water partition coefficient (Wildman–Crippen LogP) is 4.28. The molecule has 1 aromatic heterocycles. The highest BCUT2D eigenvalue weighted by Crippen LogP contribution is 2.24. The SMILES string of the molecule is CC(C)(C)OC(=O)Nc1ccc(Oc2nccs2)cc1. The molecule has 0 aliphatic rings. The fraction of sp³-hybridized carbons (Fsp3) is 0.286. The maximum absolute atomic E-state index is 11.6. The van der Waals surface area contributed by atoms with Crippen molar-refractivity contribution in [2.45, 2.75) is 26.4 Å². The molecule has 0 aliphatic carbocycles. The van der Waals surface area contributed by atoms with E-state index in [1.54, 1.807) is 30.5 Å². The maximum atomic E-state index is 11.6. The lowest BCUT2D eigenvalue weighted by molar-refractivity contribution is 0.0636. The molecule has 0 bridgehead atoms. The summed E-state index contributed by atoms with van der Waals surface area (Å²) < 4.78 is 10.7. The molecule has 2 aromatic rings. The molecule has 2 rings (SSSR count). The van der Waals surface area contributed by atoms with Gasteiger partial charge in [-0.2, -0.15) is 0 Å². The molecule has 1 aromatic carbocycles. The first-order valence-corrected chi connectivity index (χ1v) is 6.98. The number of hydrogen-bond acceptors (Lipinski definition) is 5. The van der Waals surface area contributed by atoms with Crippen LogP contribution in [-0.2, 0) is 4.74 Å². The fourth-order valence-corrected chi connectivity index (χ4v) is 1.89. The second-order valence-electron chi connectivity index (χ2n) is 5.05. The number of hydrogen-bond donors (Lipinski definition) is 1. The Hall–Kier alpha value is -2.08. The lowest BCUT2D eigenvalue weighted by Crippen LogP contribution is -2.27. The Kier molecular flexibility index (Phi) is 4.24. The highest BCUT2D eigenvalue weighted by molar-refractivity contribution is 7.11. The van der Waals surface area contributed by atoms with Crippen LogP contribution in [0.4, 0.5) is 10.5 Å². The number of anilines is 1. The van der Waals surface area contributed by atoms with Gasteiger partial charge in [0.25, 0.3) is 5.19 Å². The summed E-state index contributed by atoms with van der Waals surface area (Å²) in [6.07, 6.45) is 1.20. The molecule has 0 aliphatic heterocycles. The predicted molar refractivity (Wildman–Crippen MR) is 78.5 cm³/mol. The van der Waals surface area contributed by atoms with Crippen molar-refractivity contribution in [3.8, 4) is 10.9 Å². The summed E-state index contributed by atoms with van der Waals surface area (Å²) in [5.41, 5.74) is 0.128. The molecule has 0 spiro atoms. The second-order valence-corrected chi connectivity index (χ2v) is 5.91. The standard InChI is InChI=1S/C14H16N2O3S/c1-14(2,3)19-12(17)16-10-4-6-11(7-5-10)18-13-15-8-9-20-13/h4-9H,1-3H3,(H,16,17). The van der Waals surface area contributed by atoms with Gasteiger partial charge in [-0.15, -0.1) is 0 Å². The smallest absolute Gasteiger partial charge is 0.412 e. The fourth-order valence-electron chi connectivity index (χ4n) is 1.39. The first kappa shape index (κ1) is 14.3. The number of carbonyl (C=O) groups is 1. The van der Waals surface area contributed by atoms with Gasteiger partial charge in [0.05, 0.1) is 0 Å². The minimum Gasteiger partial charge on any atom is -0.444 e. The number of carbonyl (C=O) groups excluding carboxylic acids is 1. The van der Waals surface area contributed by atoms with E-state index in [9.17, 15) is 4.79 Å². The average molecular weight is 292 g/mol. The molecule has 1 amide bonds. The quantitative estimate of drug-likeness (QED) is 0.917. The lowest BCUT2D eigenvalue weighted by Gasteiger charge is -2.19. The Morgan fingerprint density at radius 3 is 2.50 bits per heavy atom. The number of nitrogens with zero attached hydrogens (tertiary/aromatic N) is 1. The van der Waals surface area contributed by atoms with Crippen molar-refractivity contribution >= 4 is 23.1 Å². The van der Waals surface area contributed by atoms with Gasteiger partial charge in [-0.05, 0) is 45.0 Å². The number of rotatable bonds is 3. The van der Waals surface area contributed by atoms with Gasteiger partial charge >= 0.3 is 6.09 Å². The van der Waals surface area contributed by atoms with Crippen LogP contribution >= 0.6 is 11.3 Å². The molecule has 1 N–H and O–H groups in total. The number of amides is 1. The van der Waals surface area contributed by atoms with Gasteiger partial charge in [-0.25, -0.2) is 9.78 Å². The summed E-state index contributed by atoms with van der Waals surface area (Å²) in [5, 5.41) is 5.08. The van der Waals surface area contributed by atoms with Gasteiger partial charge in [0.15, 0.2) is 0 Å². The maximum Gasteiger partial charge on any atom is 0.412 e. The van der Waals surface area contributed by atoms with Crippen LogP contribution in [0.25, 0.3) is 0 Å². The van der Waals surface area contributed by atoms with Gasteiger partial charge in [0, 0.05) is 17.3 Å². The average Bonchev–Trinajstić information content (AvgIpc) is 2.82. The minimum atomic E-state index is -0.516. The van der Waals surface area contributed by atoms with Crippen LogP contribution in [0, 0.1) is 0 Å². The van der Waals surface area contributed by atoms with Crippen molar-refractivity contribution < 1.29 is 14.3 Å². The van der Waals surface area contributed by atoms with E-state index in [2.05, 4.69) is 10.3 Å². The van der Waals surface area contributed by atoms with Crippen LogP contribution in [0.15, 0.2) is 35.8 Å². The van der Waals surface area contributed by atoms with E-state index in [0.717, 1.165) is 0 Å². The molecule has 0 fully saturated rings. The third-order valence-electron chi connectivity index (χ3n) is 2.11. The number of benzene rings is 1.